The van der Waals surface area contributed by atoms with Crippen molar-refractivity contribution in [1.82, 2.24) is 4.90 Å². The normalized spacial score (nSPS) is 16.5. The average molecular weight is 329 g/mol. The van der Waals surface area contributed by atoms with Gasteiger partial charge in [-0.15, -0.1) is 12.4 Å². The van der Waals surface area contributed by atoms with E-state index < -0.39 is 5.54 Å². The lowest BCUT2D eigenvalue weighted by Crippen LogP contribution is -2.57. The summed E-state index contributed by atoms with van der Waals surface area (Å²) in [5.41, 5.74) is 6.56. The van der Waals surface area contributed by atoms with Crippen molar-refractivity contribution in [2.75, 3.05) is 33.9 Å². The van der Waals surface area contributed by atoms with Gasteiger partial charge in [-0.3, -0.25) is 4.79 Å². The highest BCUT2D eigenvalue weighted by atomic mass is 35.5. The van der Waals surface area contributed by atoms with Crippen LogP contribution >= 0.6 is 12.4 Å². The van der Waals surface area contributed by atoms with Crippen LogP contribution in [0.5, 0.6) is 5.75 Å². The Morgan fingerprint density at radius 2 is 2.00 bits per heavy atom. The summed E-state index contributed by atoms with van der Waals surface area (Å²) >= 11 is 0. The lowest BCUT2D eigenvalue weighted by atomic mass is 9.89. The van der Waals surface area contributed by atoms with E-state index in [9.17, 15) is 4.79 Å². The van der Waals surface area contributed by atoms with Crippen LogP contribution in [0.4, 0.5) is 0 Å². The van der Waals surface area contributed by atoms with Gasteiger partial charge in [0.05, 0.1) is 12.6 Å². The maximum Gasteiger partial charge on any atom is 0.242 e. The van der Waals surface area contributed by atoms with E-state index in [1.54, 1.807) is 12.0 Å². The van der Waals surface area contributed by atoms with Crippen molar-refractivity contribution in [2.45, 2.75) is 24.8 Å². The molecule has 0 radical (unpaired) electrons. The van der Waals surface area contributed by atoms with E-state index in [0.29, 0.717) is 32.6 Å². The molecule has 0 bridgehead atoms. The second-order valence-corrected chi connectivity index (χ2v) is 5.56. The van der Waals surface area contributed by atoms with E-state index >= 15 is 0 Å². The van der Waals surface area contributed by atoms with Crippen molar-refractivity contribution < 1.29 is 14.3 Å². The monoisotopic (exact) mass is 328 g/mol. The SMILES string of the molecule is COc1ccccc1CCN(C)C(=O)C1(N)CCOCC1.Cl. The van der Waals surface area contributed by atoms with Crippen molar-refractivity contribution in [3.05, 3.63) is 29.8 Å². The van der Waals surface area contributed by atoms with Crippen molar-refractivity contribution in [2.24, 2.45) is 5.73 Å². The Morgan fingerprint density at radius 3 is 2.64 bits per heavy atom. The number of rotatable bonds is 5. The average Bonchev–Trinajstić information content (AvgIpc) is 2.52. The fraction of sp³-hybridized carbons (Fsp3) is 0.562. The van der Waals surface area contributed by atoms with Gasteiger partial charge in [-0.1, -0.05) is 18.2 Å². The van der Waals surface area contributed by atoms with Crippen molar-refractivity contribution >= 4 is 18.3 Å². The van der Waals surface area contributed by atoms with Gasteiger partial charge < -0.3 is 20.1 Å². The highest BCUT2D eigenvalue weighted by Crippen LogP contribution is 2.21. The van der Waals surface area contributed by atoms with Crippen molar-refractivity contribution in [3.8, 4) is 5.75 Å². The van der Waals surface area contributed by atoms with Crippen molar-refractivity contribution in [1.29, 1.82) is 0 Å². The lowest BCUT2D eigenvalue weighted by molar-refractivity contribution is -0.139. The summed E-state index contributed by atoms with van der Waals surface area (Å²) in [6.45, 7) is 1.74. The topological polar surface area (TPSA) is 64.8 Å². The van der Waals surface area contributed by atoms with E-state index in [0.717, 1.165) is 17.7 Å². The lowest BCUT2D eigenvalue weighted by Gasteiger charge is -2.35. The zero-order chi connectivity index (χ0) is 15.3. The van der Waals surface area contributed by atoms with E-state index in [2.05, 4.69) is 0 Å². The van der Waals surface area contributed by atoms with Crippen LogP contribution in [-0.2, 0) is 16.0 Å². The number of likely N-dealkylation sites (N-methyl/N-ethyl adjacent to an activating group) is 1. The highest BCUT2D eigenvalue weighted by Gasteiger charge is 2.37. The second-order valence-electron chi connectivity index (χ2n) is 5.56. The number of hydrogen-bond acceptors (Lipinski definition) is 4. The minimum Gasteiger partial charge on any atom is -0.496 e. The van der Waals surface area contributed by atoms with E-state index in [4.69, 9.17) is 15.2 Å². The van der Waals surface area contributed by atoms with E-state index in [-0.39, 0.29) is 18.3 Å². The molecule has 1 aromatic carbocycles. The van der Waals surface area contributed by atoms with Crippen LogP contribution in [0.1, 0.15) is 18.4 Å². The van der Waals surface area contributed by atoms with Crippen LogP contribution in [0.3, 0.4) is 0 Å². The summed E-state index contributed by atoms with van der Waals surface area (Å²) in [7, 11) is 3.46. The standard InChI is InChI=1S/C16H24N2O3.ClH/c1-18(15(19)16(17)8-11-21-12-9-16)10-7-13-5-3-4-6-14(13)20-2;/h3-6H,7-12,17H2,1-2H3;1H. The molecular weight excluding hydrogens is 304 g/mol. The zero-order valence-electron chi connectivity index (χ0n) is 13.2. The molecule has 1 aliphatic heterocycles. The molecule has 6 heteroatoms. The van der Waals surface area contributed by atoms with Gasteiger partial charge in [0.25, 0.3) is 0 Å². The van der Waals surface area contributed by atoms with Crippen molar-refractivity contribution in [3.63, 3.8) is 0 Å². The first-order valence-corrected chi connectivity index (χ1v) is 7.31. The summed E-state index contributed by atoms with van der Waals surface area (Å²) in [4.78, 5) is 14.2. The number of carbonyl (C=O) groups excluding carboxylic acids is 1. The van der Waals surface area contributed by atoms with Crippen LogP contribution in [0.25, 0.3) is 0 Å². The maximum atomic E-state index is 12.5. The molecule has 5 nitrogen and oxygen atoms in total. The Balaban J connectivity index is 0.00000242. The number of para-hydroxylation sites is 1. The third kappa shape index (κ3) is 4.35. The van der Waals surface area contributed by atoms with Crippen LogP contribution in [0.15, 0.2) is 24.3 Å². The fourth-order valence-corrected chi connectivity index (χ4v) is 2.63. The molecule has 1 saturated heterocycles. The van der Waals surface area contributed by atoms with Gasteiger partial charge in [0.1, 0.15) is 5.75 Å². The van der Waals surface area contributed by atoms with Crippen LogP contribution in [0.2, 0.25) is 0 Å². The van der Waals surface area contributed by atoms with Gasteiger partial charge in [0.2, 0.25) is 5.91 Å². The third-order valence-corrected chi connectivity index (χ3v) is 4.07. The molecule has 2 N–H and O–H groups in total. The van der Waals surface area contributed by atoms with E-state index in [1.807, 2.05) is 31.3 Å². The molecule has 0 aromatic heterocycles. The number of nitrogens with two attached hydrogens (primary N) is 1. The molecule has 1 aromatic rings. The Kier molecular flexibility index (Phi) is 7.13. The molecule has 1 aliphatic rings. The molecule has 2 rings (SSSR count). The van der Waals surface area contributed by atoms with Gasteiger partial charge >= 0.3 is 0 Å². The maximum absolute atomic E-state index is 12.5. The molecule has 22 heavy (non-hydrogen) atoms. The molecule has 1 heterocycles. The summed E-state index contributed by atoms with van der Waals surface area (Å²) in [6.07, 6.45) is 1.93. The smallest absolute Gasteiger partial charge is 0.242 e. The van der Waals surface area contributed by atoms with E-state index in [1.165, 1.54) is 0 Å². The summed E-state index contributed by atoms with van der Waals surface area (Å²) in [5.74, 6) is 0.854. The molecule has 0 saturated carbocycles. The Labute approximate surface area is 138 Å². The third-order valence-electron chi connectivity index (χ3n) is 4.07. The summed E-state index contributed by atoms with van der Waals surface area (Å²) in [6, 6.07) is 7.86. The molecule has 0 unspecified atom stereocenters. The Hall–Kier alpha value is -1.30. The molecule has 1 amide bonds. The highest BCUT2D eigenvalue weighted by molar-refractivity contribution is 5.86. The largest absolute Gasteiger partial charge is 0.496 e. The predicted octanol–water partition coefficient (Wildman–Crippen LogP) is 1.63. The van der Waals surface area contributed by atoms with Crippen LogP contribution in [0, 0.1) is 0 Å². The number of methoxy groups -OCH3 is 1. The van der Waals surface area contributed by atoms with Crippen LogP contribution < -0.4 is 10.5 Å². The first kappa shape index (κ1) is 18.7. The zero-order valence-corrected chi connectivity index (χ0v) is 14.0. The first-order valence-electron chi connectivity index (χ1n) is 7.31. The van der Waals surface area contributed by atoms with Gasteiger partial charge in [-0.05, 0) is 30.9 Å². The minimum atomic E-state index is -0.770. The van der Waals surface area contributed by atoms with Gasteiger partial charge in [0.15, 0.2) is 0 Å². The minimum absolute atomic E-state index is 0. The molecule has 124 valence electrons. The van der Waals surface area contributed by atoms with Crippen LogP contribution in [-0.4, -0.2) is 50.3 Å². The molecular formula is C16H25ClN2O3. The van der Waals surface area contributed by atoms with Gasteiger partial charge in [-0.25, -0.2) is 0 Å². The quantitative estimate of drug-likeness (QED) is 0.892. The number of halogens is 1. The number of ether oxygens (including phenoxy) is 2. The number of amides is 1. The Bertz CT molecular complexity index is 490. The number of hydrogen-bond donors (Lipinski definition) is 1. The summed E-state index contributed by atoms with van der Waals surface area (Å²) in [5, 5.41) is 0. The molecule has 0 aliphatic carbocycles. The summed E-state index contributed by atoms with van der Waals surface area (Å²) < 4.78 is 10.6. The number of nitrogens with zero attached hydrogens (tertiary/aromatic N) is 1. The molecule has 0 spiro atoms. The Morgan fingerprint density at radius 1 is 1.36 bits per heavy atom. The first-order chi connectivity index (χ1) is 10.1. The number of carbonyl (C=O) groups is 1. The van der Waals surface area contributed by atoms with Gasteiger partial charge in [-0.2, -0.15) is 0 Å². The predicted molar refractivity (Wildman–Crippen MR) is 88.6 cm³/mol. The number of benzene rings is 1. The molecule has 0 atom stereocenters. The second kappa shape index (κ2) is 8.36. The van der Waals surface area contributed by atoms with Gasteiger partial charge in [0, 0.05) is 26.8 Å². The molecule has 1 fully saturated rings. The fourth-order valence-electron chi connectivity index (χ4n) is 2.63.